The van der Waals surface area contributed by atoms with Crippen molar-refractivity contribution in [3.05, 3.63) is 24.0 Å². The lowest BCUT2D eigenvalue weighted by atomic mass is 10.0. The molecule has 0 spiro atoms. The van der Waals surface area contributed by atoms with Crippen LogP contribution in [0.2, 0.25) is 0 Å². The van der Waals surface area contributed by atoms with Crippen LogP contribution in [0.1, 0.15) is 44.3 Å². The number of hydrogen-bond acceptors (Lipinski definition) is 3. The molecular weight excluding hydrogens is 222 g/mol. The number of hydrogen-bond donors (Lipinski definition) is 1. The van der Waals surface area contributed by atoms with Gasteiger partial charge in [0.05, 0.1) is 17.6 Å². The summed E-state index contributed by atoms with van der Waals surface area (Å²) in [4.78, 5) is 7.02. The largest absolute Gasteiger partial charge is 0.370 e. The second kappa shape index (κ2) is 4.88. The van der Waals surface area contributed by atoms with E-state index < -0.39 is 0 Å². The van der Waals surface area contributed by atoms with E-state index in [0.29, 0.717) is 0 Å². The number of nitrogens with zero attached hydrogens (tertiary/aromatic N) is 2. The van der Waals surface area contributed by atoms with Crippen molar-refractivity contribution in [1.29, 1.82) is 0 Å². The van der Waals surface area contributed by atoms with Crippen LogP contribution < -0.4 is 10.6 Å². The van der Waals surface area contributed by atoms with E-state index in [4.69, 9.17) is 5.73 Å². The van der Waals surface area contributed by atoms with Crippen molar-refractivity contribution >= 4 is 5.69 Å². The fraction of sp³-hybridized carbons (Fsp3) is 0.667. The van der Waals surface area contributed by atoms with Crippen LogP contribution >= 0.6 is 0 Å². The summed E-state index contributed by atoms with van der Waals surface area (Å²) in [7, 11) is 0. The van der Waals surface area contributed by atoms with Crippen LogP contribution in [-0.4, -0.2) is 18.1 Å². The van der Waals surface area contributed by atoms with Crippen LogP contribution in [0, 0.1) is 11.8 Å². The van der Waals surface area contributed by atoms with Crippen LogP contribution in [0.3, 0.4) is 0 Å². The topological polar surface area (TPSA) is 42.1 Å². The van der Waals surface area contributed by atoms with E-state index in [9.17, 15) is 0 Å². The zero-order valence-electron chi connectivity index (χ0n) is 11.2. The lowest BCUT2D eigenvalue weighted by molar-refractivity contribution is 0.494. The molecular formula is C15H23N3. The van der Waals surface area contributed by atoms with Crippen LogP contribution in [0.15, 0.2) is 18.3 Å². The average molecular weight is 245 g/mol. The fourth-order valence-electron chi connectivity index (χ4n) is 3.46. The van der Waals surface area contributed by atoms with Gasteiger partial charge in [0.2, 0.25) is 0 Å². The van der Waals surface area contributed by atoms with Crippen molar-refractivity contribution in [2.24, 2.45) is 17.6 Å². The molecule has 0 radical (unpaired) electrons. The van der Waals surface area contributed by atoms with Crippen LogP contribution in [0.25, 0.3) is 0 Å². The second-order valence-electron chi connectivity index (χ2n) is 5.81. The van der Waals surface area contributed by atoms with E-state index in [0.717, 1.165) is 24.0 Å². The Hall–Kier alpha value is -1.09. The SMILES string of the molecule is CCC(N)c1ccc(N2CC3CCCC3C2)cn1. The predicted octanol–water partition coefficient (Wildman–Crippen LogP) is 2.73. The minimum absolute atomic E-state index is 0.0806. The first-order chi connectivity index (χ1) is 8.78. The summed E-state index contributed by atoms with van der Waals surface area (Å²) in [6.45, 7) is 4.55. The molecule has 0 amide bonds. The van der Waals surface area contributed by atoms with E-state index >= 15 is 0 Å². The molecule has 2 aliphatic rings. The first-order valence-electron chi connectivity index (χ1n) is 7.24. The lowest BCUT2D eigenvalue weighted by Gasteiger charge is -2.20. The molecule has 18 heavy (non-hydrogen) atoms. The van der Waals surface area contributed by atoms with E-state index in [2.05, 4.69) is 28.9 Å². The lowest BCUT2D eigenvalue weighted by Crippen LogP contribution is -2.21. The molecule has 2 fully saturated rings. The monoisotopic (exact) mass is 245 g/mol. The van der Waals surface area contributed by atoms with Crippen LogP contribution in [0.5, 0.6) is 0 Å². The fourth-order valence-corrected chi connectivity index (χ4v) is 3.46. The van der Waals surface area contributed by atoms with Crippen LogP contribution in [-0.2, 0) is 0 Å². The summed E-state index contributed by atoms with van der Waals surface area (Å²) in [6.07, 6.45) is 7.23. The Morgan fingerprint density at radius 1 is 1.33 bits per heavy atom. The molecule has 98 valence electrons. The molecule has 1 aliphatic heterocycles. The highest BCUT2D eigenvalue weighted by molar-refractivity contribution is 5.46. The maximum Gasteiger partial charge on any atom is 0.0572 e. The number of aromatic nitrogens is 1. The van der Waals surface area contributed by atoms with Crippen molar-refractivity contribution in [1.82, 2.24) is 4.98 Å². The molecule has 3 rings (SSSR count). The van der Waals surface area contributed by atoms with Crippen molar-refractivity contribution in [2.75, 3.05) is 18.0 Å². The summed E-state index contributed by atoms with van der Waals surface area (Å²) < 4.78 is 0. The number of nitrogens with two attached hydrogens (primary N) is 1. The molecule has 2 heterocycles. The van der Waals surface area contributed by atoms with Crippen molar-refractivity contribution in [3.63, 3.8) is 0 Å². The van der Waals surface area contributed by atoms with Gasteiger partial charge in [0.25, 0.3) is 0 Å². The highest BCUT2D eigenvalue weighted by atomic mass is 15.2. The quantitative estimate of drug-likeness (QED) is 0.890. The molecule has 1 aromatic heterocycles. The minimum atomic E-state index is 0.0806. The molecule has 1 saturated carbocycles. The van der Waals surface area contributed by atoms with Gasteiger partial charge in [-0.3, -0.25) is 4.98 Å². The van der Waals surface area contributed by atoms with Crippen molar-refractivity contribution in [3.8, 4) is 0 Å². The Kier molecular flexibility index (Phi) is 3.25. The third-order valence-corrected chi connectivity index (χ3v) is 4.68. The summed E-state index contributed by atoms with van der Waals surface area (Å²) in [6, 6.07) is 4.37. The smallest absolute Gasteiger partial charge is 0.0572 e. The molecule has 1 aliphatic carbocycles. The van der Waals surface area contributed by atoms with Gasteiger partial charge >= 0.3 is 0 Å². The maximum absolute atomic E-state index is 6.00. The summed E-state index contributed by atoms with van der Waals surface area (Å²) in [5, 5.41) is 0. The van der Waals surface area contributed by atoms with E-state index in [1.807, 2.05) is 6.20 Å². The molecule has 3 nitrogen and oxygen atoms in total. The highest BCUT2D eigenvalue weighted by Gasteiger charge is 2.36. The van der Waals surface area contributed by atoms with Crippen LogP contribution in [0.4, 0.5) is 5.69 Å². The Bertz CT molecular complexity index is 389. The summed E-state index contributed by atoms with van der Waals surface area (Å²) in [5.74, 6) is 1.87. The van der Waals surface area contributed by atoms with Crippen molar-refractivity contribution in [2.45, 2.75) is 38.6 Å². The molecule has 1 aromatic rings. The van der Waals surface area contributed by atoms with E-state index in [-0.39, 0.29) is 6.04 Å². The maximum atomic E-state index is 6.00. The third kappa shape index (κ3) is 2.12. The van der Waals surface area contributed by atoms with Gasteiger partial charge in [-0.05, 0) is 43.2 Å². The molecule has 0 aromatic carbocycles. The number of fused-ring (bicyclic) bond motifs is 1. The van der Waals surface area contributed by atoms with E-state index in [1.54, 1.807) is 0 Å². The number of anilines is 1. The second-order valence-corrected chi connectivity index (χ2v) is 5.81. The molecule has 3 heteroatoms. The molecule has 3 unspecified atom stereocenters. The number of rotatable bonds is 3. The first-order valence-corrected chi connectivity index (χ1v) is 7.24. The summed E-state index contributed by atoms with van der Waals surface area (Å²) >= 11 is 0. The Balaban J connectivity index is 1.70. The Morgan fingerprint density at radius 3 is 2.61 bits per heavy atom. The van der Waals surface area contributed by atoms with Gasteiger partial charge in [0, 0.05) is 19.1 Å². The van der Waals surface area contributed by atoms with Gasteiger partial charge in [-0.15, -0.1) is 0 Å². The Morgan fingerprint density at radius 2 is 2.06 bits per heavy atom. The standard InChI is InChI=1S/C15H23N3/c1-2-14(16)15-7-6-13(8-17-15)18-9-11-4-3-5-12(11)10-18/h6-8,11-12,14H,2-5,9-10,16H2,1H3. The van der Waals surface area contributed by atoms with Crippen molar-refractivity contribution < 1.29 is 0 Å². The normalized spacial score (nSPS) is 28.4. The van der Waals surface area contributed by atoms with Gasteiger partial charge in [-0.2, -0.15) is 0 Å². The molecule has 3 atom stereocenters. The zero-order chi connectivity index (χ0) is 12.5. The predicted molar refractivity (Wildman–Crippen MR) is 74.5 cm³/mol. The molecule has 2 N–H and O–H groups in total. The average Bonchev–Trinajstić information content (AvgIpc) is 2.99. The Labute approximate surface area is 109 Å². The van der Waals surface area contributed by atoms with Gasteiger partial charge in [0.1, 0.15) is 0 Å². The third-order valence-electron chi connectivity index (χ3n) is 4.68. The molecule has 0 bridgehead atoms. The van der Waals surface area contributed by atoms with Gasteiger partial charge < -0.3 is 10.6 Å². The highest BCUT2D eigenvalue weighted by Crippen LogP contribution is 2.39. The van der Waals surface area contributed by atoms with Gasteiger partial charge in [-0.1, -0.05) is 13.3 Å². The zero-order valence-corrected chi connectivity index (χ0v) is 11.2. The first kappa shape index (κ1) is 12.0. The number of pyridine rings is 1. The molecule has 1 saturated heterocycles. The van der Waals surface area contributed by atoms with Gasteiger partial charge in [0.15, 0.2) is 0 Å². The summed E-state index contributed by atoms with van der Waals surface area (Å²) in [5.41, 5.74) is 8.29. The minimum Gasteiger partial charge on any atom is -0.370 e. The van der Waals surface area contributed by atoms with E-state index in [1.165, 1.54) is 38.0 Å². The van der Waals surface area contributed by atoms with Gasteiger partial charge in [-0.25, -0.2) is 0 Å².